The molecule has 1 atom stereocenters. The first-order chi connectivity index (χ1) is 19.0. The summed E-state index contributed by atoms with van der Waals surface area (Å²) in [4.78, 5) is 0. The van der Waals surface area contributed by atoms with E-state index in [2.05, 4.69) is 13.8 Å². The van der Waals surface area contributed by atoms with Gasteiger partial charge in [-0.15, -0.1) is 0 Å². The number of unbranched alkanes of at least 4 members (excludes halogenated alkanes) is 7. The Kier molecular flexibility index (Phi) is 13.4. The number of halogens is 4. The Morgan fingerprint density at radius 1 is 0.667 bits per heavy atom. The van der Waals surface area contributed by atoms with Crippen LogP contribution in [0.2, 0.25) is 0 Å². The molecule has 0 N–H and O–H groups in total. The zero-order valence-corrected chi connectivity index (χ0v) is 23.6. The van der Waals surface area contributed by atoms with Gasteiger partial charge in [0.1, 0.15) is 0 Å². The molecular formula is C32H44F4O3. The Morgan fingerprint density at radius 3 is 2.08 bits per heavy atom. The second kappa shape index (κ2) is 16.7. The summed E-state index contributed by atoms with van der Waals surface area (Å²) in [7, 11) is 0. The minimum Gasteiger partial charge on any atom is -0.490 e. The first-order valence-corrected chi connectivity index (χ1v) is 14.8. The molecule has 0 spiro atoms. The van der Waals surface area contributed by atoms with Gasteiger partial charge in [0.25, 0.3) is 0 Å². The van der Waals surface area contributed by atoms with Crippen LogP contribution in [0.5, 0.6) is 11.5 Å². The minimum absolute atomic E-state index is 0.0663. The molecule has 3 rings (SSSR count). The van der Waals surface area contributed by atoms with Crippen LogP contribution >= 0.6 is 0 Å². The van der Waals surface area contributed by atoms with Crippen LogP contribution in [-0.2, 0) is 17.6 Å². The van der Waals surface area contributed by atoms with E-state index >= 15 is 8.78 Å². The van der Waals surface area contributed by atoms with E-state index in [1.165, 1.54) is 31.4 Å². The smallest absolute Gasteiger partial charge is 0.200 e. The van der Waals surface area contributed by atoms with Gasteiger partial charge in [0.05, 0.1) is 13.2 Å². The van der Waals surface area contributed by atoms with Gasteiger partial charge in [0, 0.05) is 19.6 Å². The molecular weight excluding hydrogens is 508 g/mol. The van der Waals surface area contributed by atoms with Crippen molar-refractivity contribution in [1.82, 2.24) is 0 Å². The third-order valence-corrected chi connectivity index (χ3v) is 7.43. The number of benzene rings is 2. The Hall–Kier alpha value is -2.28. The van der Waals surface area contributed by atoms with Crippen LogP contribution in [0.3, 0.4) is 0 Å². The standard InChI is InChI=1S/C32H44F4O3/c1-3-5-7-8-9-11-19-39-28-22-24-14-13-23(21-26(24)30(34)32(28)36)25-15-16-27(31(35)29(25)33)38-20-12-18-37-17-10-6-4-2/h15-16,22-23H,3-14,17-21H2,1-2H3. The van der Waals surface area contributed by atoms with E-state index < -0.39 is 29.2 Å². The number of hydrogen-bond donors (Lipinski definition) is 0. The van der Waals surface area contributed by atoms with Gasteiger partial charge in [0.2, 0.25) is 11.6 Å². The van der Waals surface area contributed by atoms with E-state index in [0.29, 0.717) is 44.6 Å². The Labute approximate surface area is 231 Å². The van der Waals surface area contributed by atoms with Crippen molar-refractivity contribution in [3.05, 3.63) is 58.2 Å². The normalized spacial score (nSPS) is 14.9. The SMILES string of the molecule is CCCCCCCCOc1cc2c(c(F)c1F)CC(c1ccc(OCCCOCCCCC)c(F)c1F)CC2. The van der Waals surface area contributed by atoms with Gasteiger partial charge in [-0.1, -0.05) is 64.9 Å². The summed E-state index contributed by atoms with van der Waals surface area (Å²) in [6, 6.07) is 4.49. The fourth-order valence-electron chi connectivity index (χ4n) is 5.12. The highest BCUT2D eigenvalue weighted by Gasteiger charge is 2.29. The Balaban J connectivity index is 1.55. The molecule has 0 aliphatic heterocycles. The number of rotatable bonds is 18. The van der Waals surface area contributed by atoms with Crippen LogP contribution in [0.4, 0.5) is 17.6 Å². The zero-order chi connectivity index (χ0) is 28.0. The lowest BCUT2D eigenvalue weighted by atomic mass is 9.79. The van der Waals surface area contributed by atoms with Crippen molar-refractivity contribution in [3.63, 3.8) is 0 Å². The molecule has 2 aromatic carbocycles. The molecule has 0 radical (unpaired) electrons. The van der Waals surface area contributed by atoms with Crippen LogP contribution < -0.4 is 9.47 Å². The number of fused-ring (bicyclic) bond motifs is 1. The fraction of sp³-hybridized carbons (Fsp3) is 0.625. The first-order valence-electron chi connectivity index (χ1n) is 14.8. The molecule has 1 aliphatic rings. The summed E-state index contributed by atoms with van der Waals surface area (Å²) >= 11 is 0. The molecule has 7 heteroatoms. The van der Waals surface area contributed by atoms with Crippen LogP contribution in [0, 0.1) is 23.3 Å². The molecule has 1 aliphatic carbocycles. The topological polar surface area (TPSA) is 27.7 Å². The third-order valence-electron chi connectivity index (χ3n) is 7.43. The third kappa shape index (κ3) is 9.12. The van der Waals surface area contributed by atoms with Gasteiger partial charge >= 0.3 is 0 Å². The van der Waals surface area contributed by atoms with Crippen molar-refractivity contribution in [2.75, 3.05) is 26.4 Å². The average molecular weight is 553 g/mol. The van der Waals surface area contributed by atoms with Gasteiger partial charge in [-0.3, -0.25) is 0 Å². The Bertz CT molecular complexity index is 1030. The van der Waals surface area contributed by atoms with Crippen molar-refractivity contribution in [3.8, 4) is 11.5 Å². The Morgan fingerprint density at radius 2 is 1.28 bits per heavy atom. The molecule has 0 saturated carbocycles. The lowest BCUT2D eigenvalue weighted by Crippen LogP contribution is -2.18. The van der Waals surface area contributed by atoms with E-state index in [0.717, 1.165) is 38.5 Å². The molecule has 0 amide bonds. The monoisotopic (exact) mass is 552 g/mol. The summed E-state index contributed by atoms with van der Waals surface area (Å²) in [6.07, 6.45) is 11.3. The summed E-state index contributed by atoms with van der Waals surface area (Å²) in [5.41, 5.74) is 1.04. The highest BCUT2D eigenvalue weighted by Crippen LogP contribution is 2.39. The summed E-state index contributed by atoms with van der Waals surface area (Å²) < 4.78 is 76.1. The van der Waals surface area contributed by atoms with E-state index in [1.54, 1.807) is 6.07 Å². The van der Waals surface area contributed by atoms with Gasteiger partial charge in [0.15, 0.2) is 23.1 Å². The number of ether oxygens (including phenoxy) is 3. The number of aryl methyl sites for hydroxylation is 1. The maximum Gasteiger partial charge on any atom is 0.200 e. The minimum atomic E-state index is -1.05. The lowest BCUT2D eigenvalue weighted by molar-refractivity contribution is 0.115. The molecule has 0 saturated heterocycles. The largest absolute Gasteiger partial charge is 0.490 e. The highest BCUT2D eigenvalue weighted by atomic mass is 19.2. The van der Waals surface area contributed by atoms with Crippen molar-refractivity contribution in [2.45, 2.75) is 103 Å². The average Bonchev–Trinajstić information content (AvgIpc) is 2.94. The van der Waals surface area contributed by atoms with E-state index in [-0.39, 0.29) is 35.7 Å². The number of hydrogen-bond acceptors (Lipinski definition) is 3. The van der Waals surface area contributed by atoms with Crippen molar-refractivity contribution < 1.29 is 31.8 Å². The van der Waals surface area contributed by atoms with E-state index in [9.17, 15) is 8.78 Å². The van der Waals surface area contributed by atoms with E-state index in [4.69, 9.17) is 14.2 Å². The van der Waals surface area contributed by atoms with Gasteiger partial charge in [-0.05, 0) is 66.8 Å². The predicted octanol–water partition coefficient (Wildman–Crippen LogP) is 9.23. The van der Waals surface area contributed by atoms with Crippen LogP contribution in [-0.4, -0.2) is 26.4 Å². The maximum atomic E-state index is 15.0. The molecule has 39 heavy (non-hydrogen) atoms. The molecule has 3 nitrogen and oxygen atoms in total. The molecule has 218 valence electrons. The van der Waals surface area contributed by atoms with Gasteiger partial charge in [-0.25, -0.2) is 8.78 Å². The predicted molar refractivity (Wildman–Crippen MR) is 147 cm³/mol. The second-order valence-corrected chi connectivity index (χ2v) is 10.5. The molecule has 0 fully saturated rings. The van der Waals surface area contributed by atoms with Crippen molar-refractivity contribution >= 4 is 0 Å². The zero-order valence-electron chi connectivity index (χ0n) is 23.6. The first kappa shape index (κ1) is 31.3. The van der Waals surface area contributed by atoms with Crippen LogP contribution in [0.1, 0.15) is 107 Å². The summed E-state index contributed by atoms with van der Waals surface area (Å²) in [6.45, 7) is 6.04. The molecule has 2 aromatic rings. The summed E-state index contributed by atoms with van der Waals surface area (Å²) in [5, 5.41) is 0. The van der Waals surface area contributed by atoms with Crippen molar-refractivity contribution in [2.24, 2.45) is 0 Å². The van der Waals surface area contributed by atoms with E-state index in [1.807, 2.05) is 0 Å². The molecule has 0 heterocycles. The molecule has 0 bridgehead atoms. The maximum absolute atomic E-state index is 15.0. The van der Waals surface area contributed by atoms with Gasteiger partial charge in [-0.2, -0.15) is 8.78 Å². The quantitative estimate of drug-likeness (QED) is 0.136. The lowest BCUT2D eigenvalue weighted by Gasteiger charge is -2.27. The summed E-state index contributed by atoms with van der Waals surface area (Å²) in [5.74, 6) is -4.67. The van der Waals surface area contributed by atoms with Crippen molar-refractivity contribution in [1.29, 1.82) is 0 Å². The van der Waals surface area contributed by atoms with Crippen LogP contribution in [0.15, 0.2) is 18.2 Å². The molecule has 1 unspecified atom stereocenters. The second-order valence-electron chi connectivity index (χ2n) is 10.5. The molecule has 0 aromatic heterocycles. The fourth-order valence-corrected chi connectivity index (χ4v) is 5.12. The highest BCUT2D eigenvalue weighted by molar-refractivity contribution is 5.43. The van der Waals surface area contributed by atoms with Gasteiger partial charge < -0.3 is 14.2 Å². The van der Waals surface area contributed by atoms with Crippen LogP contribution in [0.25, 0.3) is 0 Å².